The summed E-state index contributed by atoms with van der Waals surface area (Å²) >= 11 is 0. The van der Waals surface area contributed by atoms with E-state index in [1.165, 1.54) is 0 Å². The van der Waals surface area contributed by atoms with Gasteiger partial charge in [-0.2, -0.15) is 13.2 Å². The third kappa shape index (κ3) is 7.42. The molecule has 0 unspecified atom stereocenters. The summed E-state index contributed by atoms with van der Waals surface area (Å²) < 4.78 is 40.2. The molecule has 0 aromatic rings. The highest BCUT2D eigenvalue weighted by Gasteiger charge is 2.30. The molecule has 0 heterocycles. The van der Waals surface area contributed by atoms with Gasteiger partial charge in [0.05, 0.1) is 0 Å². The summed E-state index contributed by atoms with van der Waals surface area (Å²) in [5.74, 6) is 0. The van der Waals surface area contributed by atoms with Crippen LogP contribution in [-0.4, -0.2) is 42.4 Å². The maximum Gasteiger partial charge on any atom is 0.418 e. The summed E-state index contributed by atoms with van der Waals surface area (Å²) in [6.45, 7) is 3.23. The minimum atomic E-state index is -4.52. The van der Waals surface area contributed by atoms with Crippen molar-refractivity contribution in [2.24, 2.45) is 0 Å². The average molecular weight is 256 g/mol. The number of hydrogen-bond acceptors (Lipinski definition) is 3. The highest BCUT2D eigenvalue weighted by atomic mass is 19.4. The first-order chi connectivity index (χ1) is 7.42. The fourth-order valence-electron chi connectivity index (χ4n) is 0.708. The van der Waals surface area contributed by atoms with Crippen molar-refractivity contribution in [3.63, 3.8) is 0 Å². The predicted octanol–water partition coefficient (Wildman–Crippen LogP) is 2.13. The van der Waals surface area contributed by atoms with E-state index in [2.05, 4.69) is 0 Å². The molecule has 0 aliphatic heterocycles. The van der Waals surface area contributed by atoms with Crippen LogP contribution in [0.2, 0.25) is 0 Å². The van der Waals surface area contributed by atoms with Gasteiger partial charge in [0.25, 0.3) is 0 Å². The van der Waals surface area contributed by atoms with Crippen LogP contribution >= 0.6 is 0 Å². The summed E-state index contributed by atoms with van der Waals surface area (Å²) in [4.78, 5) is 22.9. The number of halogens is 3. The van der Waals surface area contributed by atoms with Crippen LogP contribution in [0.5, 0.6) is 0 Å². The van der Waals surface area contributed by atoms with Crippen molar-refractivity contribution in [2.45, 2.75) is 32.5 Å². The van der Waals surface area contributed by atoms with Gasteiger partial charge >= 0.3 is 18.3 Å². The molecule has 100 valence electrons. The Morgan fingerprint density at radius 2 is 1.71 bits per heavy atom. The molecule has 0 rings (SSSR count). The Morgan fingerprint density at radius 1 is 1.24 bits per heavy atom. The van der Waals surface area contributed by atoms with Crippen molar-refractivity contribution >= 4 is 12.1 Å². The monoisotopic (exact) mass is 256 g/mol. The van der Waals surface area contributed by atoms with E-state index in [9.17, 15) is 22.8 Å². The van der Waals surface area contributed by atoms with Crippen LogP contribution in [0.4, 0.5) is 22.8 Å². The molecule has 0 fully saturated rings. The lowest BCUT2D eigenvalue weighted by molar-refractivity contribution is -0.123. The van der Waals surface area contributed by atoms with Crippen molar-refractivity contribution in [2.75, 3.05) is 13.6 Å². The van der Waals surface area contributed by atoms with Gasteiger partial charge in [0.15, 0.2) is 0 Å². The fourth-order valence-corrected chi connectivity index (χ4v) is 0.708. The molecule has 0 aromatic carbocycles. The minimum Gasteiger partial charge on any atom is -0.443 e. The van der Waals surface area contributed by atoms with Crippen LogP contribution in [0, 0.1) is 0 Å². The molecule has 0 radical (unpaired) electrons. The highest BCUT2D eigenvalue weighted by Crippen LogP contribution is 2.13. The lowest BCUT2D eigenvalue weighted by Crippen LogP contribution is -2.46. The molecule has 0 spiro atoms. The van der Waals surface area contributed by atoms with Crippen LogP contribution in [0.1, 0.15) is 20.8 Å². The first-order valence-electron chi connectivity index (χ1n) is 4.73. The quantitative estimate of drug-likeness (QED) is 0.781. The van der Waals surface area contributed by atoms with Crippen LogP contribution < -0.4 is 5.32 Å². The second kappa shape index (κ2) is 5.24. The van der Waals surface area contributed by atoms with Gasteiger partial charge in [-0.1, -0.05) is 0 Å². The molecular formula is C9H15F3N2O3. The lowest BCUT2D eigenvalue weighted by Gasteiger charge is -2.23. The Labute approximate surface area is 96.9 Å². The lowest BCUT2D eigenvalue weighted by atomic mass is 10.2. The van der Waals surface area contributed by atoms with Gasteiger partial charge in [0.1, 0.15) is 12.1 Å². The number of nitrogens with zero attached hydrogens (tertiary/aromatic N) is 1. The van der Waals surface area contributed by atoms with Gasteiger partial charge in [-0.15, -0.1) is 0 Å². The molecule has 8 heteroatoms. The zero-order valence-electron chi connectivity index (χ0n) is 10.0. The molecule has 0 aliphatic rings. The van der Waals surface area contributed by atoms with Crippen LogP contribution in [0.25, 0.3) is 0 Å². The van der Waals surface area contributed by atoms with Crippen molar-refractivity contribution < 1.29 is 27.5 Å². The van der Waals surface area contributed by atoms with E-state index < -0.39 is 30.4 Å². The van der Waals surface area contributed by atoms with E-state index in [1.807, 2.05) is 0 Å². The molecular weight excluding hydrogens is 241 g/mol. The molecule has 0 aromatic heterocycles. The Balaban J connectivity index is 4.27. The number of ether oxygens (including phenoxy) is 1. The average Bonchev–Trinajstić information content (AvgIpc) is 2.08. The number of rotatable bonds is 1. The first-order valence-corrected chi connectivity index (χ1v) is 4.73. The number of carbonyl (C=O) groups excluding carboxylic acids is 2. The summed E-state index contributed by atoms with van der Waals surface area (Å²) in [5, 5.41) is 1.55. The molecule has 0 saturated carbocycles. The van der Waals surface area contributed by atoms with Crippen molar-refractivity contribution in [1.29, 1.82) is 0 Å². The predicted molar refractivity (Wildman–Crippen MR) is 53.5 cm³/mol. The van der Waals surface area contributed by atoms with E-state index >= 15 is 0 Å². The summed E-state index contributed by atoms with van der Waals surface area (Å²) in [6, 6.07) is -1.17. The number of urea groups is 1. The molecule has 3 amide bonds. The third-order valence-electron chi connectivity index (χ3n) is 1.41. The van der Waals surface area contributed by atoms with E-state index in [-0.39, 0.29) is 0 Å². The molecule has 0 saturated heterocycles. The zero-order valence-corrected chi connectivity index (χ0v) is 10.0. The minimum absolute atomic E-state index is 0.441. The first kappa shape index (κ1) is 15.5. The Bertz CT molecular complexity index is 297. The van der Waals surface area contributed by atoms with Gasteiger partial charge in [0, 0.05) is 7.05 Å². The maximum atomic E-state index is 11.8. The number of imide groups is 1. The topological polar surface area (TPSA) is 58.6 Å². The van der Waals surface area contributed by atoms with Gasteiger partial charge in [-0.25, -0.2) is 14.5 Å². The summed E-state index contributed by atoms with van der Waals surface area (Å²) in [7, 11) is 1.03. The zero-order chi connectivity index (χ0) is 13.9. The molecule has 0 bridgehead atoms. The van der Waals surface area contributed by atoms with E-state index in [0.29, 0.717) is 4.90 Å². The Kier molecular flexibility index (Phi) is 4.79. The molecule has 0 aliphatic carbocycles. The number of alkyl halides is 3. The number of carbonyl (C=O) groups is 2. The van der Waals surface area contributed by atoms with Crippen LogP contribution in [0.15, 0.2) is 0 Å². The number of nitrogens with one attached hydrogen (secondary N) is 1. The Hall–Kier alpha value is -1.47. The van der Waals surface area contributed by atoms with E-state index in [4.69, 9.17) is 4.74 Å². The van der Waals surface area contributed by atoms with Gasteiger partial charge in [0.2, 0.25) is 0 Å². The number of hydrogen-bond donors (Lipinski definition) is 1. The largest absolute Gasteiger partial charge is 0.443 e. The van der Waals surface area contributed by atoms with E-state index in [0.717, 1.165) is 7.05 Å². The van der Waals surface area contributed by atoms with Gasteiger partial charge in [-0.05, 0) is 20.8 Å². The smallest absolute Gasteiger partial charge is 0.418 e. The summed E-state index contributed by atoms with van der Waals surface area (Å²) in [5.41, 5.74) is -0.824. The number of amides is 3. The normalized spacial score (nSPS) is 11.9. The van der Waals surface area contributed by atoms with E-state index in [1.54, 1.807) is 26.1 Å². The molecule has 5 nitrogen and oxygen atoms in total. The van der Waals surface area contributed by atoms with Crippen molar-refractivity contribution in [3.05, 3.63) is 0 Å². The van der Waals surface area contributed by atoms with Crippen LogP contribution in [0.3, 0.4) is 0 Å². The fraction of sp³-hybridized carbons (Fsp3) is 0.778. The van der Waals surface area contributed by atoms with Crippen molar-refractivity contribution in [3.8, 4) is 0 Å². The van der Waals surface area contributed by atoms with Gasteiger partial charge < -0.3 is 10.1 Å². The second-order valence-corrected chi connectivity index (χ2v) is 4.31. The van der Waals surface area contributed by atoms with Crippen molar-refractivity contribution in [1.82, 2.24) is 10.2 Å². The molecule has 17 heavy (non-hydrogen) atoms. The molecule has 1 N–H and O–H groups in total. The van der Waals surface area contributed by atoms with Gasteiger partial charge in [-0.3, -0.25) is 0 Å². The highest BCUT2D eigenvalue weighted by molar-refractivity contribution is 5.90. The SMILES string of the molecule is CN(C(=O)NCC(F)(F)F)C(=O)OC(C)(C)C. The standard InChI is InChI=1S/C9H15F3N2O3/c1-8(2,3)17-7(16)14(4)6(15)13-5-9(10,11)12/h5H2,1-4H3,(H,13,15). The molecule has 0 atom stereocenters. The second-order valence-electron chi connectivity index (χ2n) is 4.31. The maximum absolute atomic E-state index is 11.8. The van der Waals surface area contributed by atoms with Crippen LogP contribution in [-0.2, 0) is 4.74 Å². The Morgan fingerprint density at radius 3 is 2.06 bits per heavy atom. The third-order valence-corrected chi connectivity index (χ3v) is 1.41. The summed E-state index contributed by atoms with van der Waals surface area (Å²) in [6.07, 6.45) is -5.54.